The zero-order chi connectivity index (χ0) is 10.8. The quantitative estimate of drug-likeness (QED) is 0.807. The maximum Gasteiger partial charge on any atom is 0.145 e. The van der Waals surface area contributed by atoms with Crippen LogP contribution in [-0.4, -0.2) is 30.3 Å². The first-order valence-electron chi connectivity index (χ1n) is 5.83. The molecule has 1 aromatic rings. The van der Waals surface area contributed by atoms with Crippen LogP contribution in [-0.2, 0) is 11.3 Å². The van der Waals surface area contributed by atoms with E-state index >= 15 is 0 Å². The third-order valence-corrected chi connectivity index (χ3v) is 2.85. The average Bonchev–Trinajstić information content (AvgIpc) is 3.05. The summed E-state index contributed by atoms with van der Waals surface area (Å²) in [5.74, 6) is 0.899. The van der Waals surface area contributed by atoms with Crippen molar-refractivity contribution < 1.29 is 9.47 Å². The summed E-state index contributed by atoms with van der Waals surface area (Å²) in [7, 11) is 0. The van der Waals surface area contributed by atoms with E-state index in [1.807, 2.05) is 12.1 Å². The van der Waals surface area contributed by atoms with Gasteiger partial charge in [-0.3, -0.25) is 4.98 Å². The minimum Gasteiger partial charge on any atom is -0.485 e. The molecule has 0 unspecified atom stereocenters. The Labute approximate surface area is 95.0 Å². The highest BCUT2D eigenvalue weighted by atomic mass is 16.6. The van der Waals surface area contributed by atoms with Gasteiger partial charge >= 0.3 is 0 Å². The van der Waals surface area contributed by atoms with Crippen molar-refractivity contribution >= 4 is 0 Å². The molecule has 0 radical (unpaired) electrons. The van der Waals surface area contributed by atoms with Crippen molar-refractivity contribution in [2.45, 2.75) is 31.5 Å². The Morgan fingerprint density at radius 3 is 3.00 bits per heavy atom. The fraction of sp³-hybridized carbons (Fsp3) is 0.583. The van der Waals surface area contributed by atoms with Crippen molar-refractivity contribution in [3.8, 4) is 5.75 Å². The van der Waals surface area contributed by atoms with Gasteiger partial charge in [-0.25, -0.2) is 0 Å². The van der Waals surface area contributed by atoms with E-state index in [0.29, 0.717) is 19.3 Å². The van der Waals surface area contributed by atoms with Crippen molar-refractivity contribution in [2.75, 3.05) is 13.2 Å². The van der Waals surface area contributed by atoms with E-state index in [1.165, 1.54) is 12.8 Å². The first kappa shape index (κ1) is 10.1. The number of aromatic nitrogens is 1. The van der Waals surface area contributed by atoms with Gasteiger partial charge in [-0.15, -0.1) is 0 Å². The van der Waals surface area contributed by atoms with Crippen LogP contribution in [0.25, 0.3) is 0 Å². The van der Waals surface area contributed by atoms with Crippen LogP contribution in [0.3, 0.4) is 0 Å². The molecule has 86 valence electrons. The molecular weight excluding hydrogens is 204 g/mol. The molecule has 16 heavy (non-hydrogen) atoms. The van der Waals surface area contributed by atoms with E-state index in [4.69, 9.17) is 9.47 Å². The van der Waals surface area contributed by atoms with Crippen LogP contribution in [0, 0.1) is 0 Å². The lowest BCUT2D eigenvalue weighted by molar-refractivity contribution is -0.0797. The number of nitrogens with zero attached hydrogens (tertiary/aromatic N) is 1. The second-order valence-corrected chi connectivity index (χ2v) is 4.42. The van der Waals surface area contributed by atoms with Gasteiger partial charge in [-0.2, -0.15) is 0 Å². The molecular formula is C12H16N2O2. The zero-order valence-corrected chi connectivity index (χ0v) is 9.19. The molecule has 0 atom stereocenters. The highest BCUT2D eigenvalue weighted by Gasteiger charge is 2.21. The first-order chi connectivity index (χ1) is 7.90. The monoisotopic (exact) mass is 220 g/mol. The molecule has 2 aliphatic rings. The van der Waals surface area contributed by atoms with Crippen molar-refractivity contribution in [1.29, 1.82) is 0 Å². The highest BCUT2D eigenvalue weighted by molar-refractivity contribution is 5.23. The summed E-state index contributed by atoms with van der Waals surface area (Å²) in [6.45, 7) is 2.25. The molecule has 0 amide bonds. The Bertz CT molecular complexity index is 362. The second-order valence-electron chi connectivity index (χ2n) is 4.42. The highest BCUT2D eigenvalue weighted by Crippen LogP contribution is 2.20. The summed E-state index contributed by atoms with van der Waals surface area (Å²) in [5, 5.41) is 3.44. The van der Waals surface area contributed by atoms with E-state index < -0.39 is 0 Å². The standard InChI is InChI=1S/C12H16N2O2/c1-2-9(1)14-6-10-5-11(3-4-13-10)16-12-7-15-8-12/h3-5,9,12,14H,1-2,6-8H2. The van der Waals surface area contributed by atoms with Crippen LogP contribution < -0.4 is 10.1 Å². The smallest absolute Gasteiger partial charge is 0.145 e. The van der Waals surface area contributed by atoms with Crippen molar-refractivity contribution in [2.24, 2.45) is 0 Å². The molecule has 1 N–H and O–H groups in total. The van der Waals surface area contributed by atoms with Gasteiger partial charge in [0, 0.05) is 24.8 Å². The summed E-state index contributed by atoms with van der Waals surface area (Å²) in [4.78, 5) is 4.32. The molecule has 1 aliphatic carbocycles. The van der Waals surface area contributed by atoms with E-state index in [9.17, 15) is 0 Å². The number of hydrogen-bond acceptors (Lipinski definition) is 4. The Hall–Kier alpha value is -1.13. The number of pyridine rings is 1. The number of hydrogen-bond donors (Lipinski definition) is 1. The van der Waals surface area contributed by atoms with Crippen molar-refractivity contribution in [1.82, 2.24) is 10.3 Å². The largest absolute Gasteiger partial charge is 0.485 e. The zero-order valence-electron chi connectivity index (χ0n) is 9.19. The molecule has 1 aromatic heterocycles. The van der Waals surface area contributed by atoms with E-state index in [1.54, 1.807) is 6.20 Å². The third-order valence-electron chi connectivity index (χ3n) is 2.85. The number of nitrogens with one attached hydrogen (secondary N) is 1. The van der Waals surface area contributed by atoms with Gasteiger partial charge in [0.25, 0.3) is 0 Å². The maximum atomic E-state index is 5.72. The van der Waals surface area contributed by atoms with E-state index in [-0.39, 0.29) is 6.10 Å². The lowest BCUT2D eigenvalue weighted by atomic mass is 10.3. The lowest BCUT2D eigenvalue weighted by Crippen LogP contribution is -2.38. The molecule has 2 fully saturated rings. The average molecular weight is 220 g/mol. The van der Waals surface area contributed by atoms with E-state index in [2.05, 4.69) is 10.3 Å². The molecule has 1 saturated carbocycles. The van der Waals surface area contributed by atoms with Crippen LogP contribution in [0.4, 0.5) is 0 Å². The lowest BCUT2D eigenvalue weighted by Gasteiger charge is -2.26. The van der Waals surface area contributed by atoms with Gasteiger partial charge in [0.05, 0.1) is 18.9 Å². The number of rotatable bonds is 5. The molecule has 0 bridgehead atoms. The minimum atomic E-state index is 0.228. The van der Waals surface area contributed by atoms with Gasteiger partial charge in [0.2, 0.25) is 0 Å². The molecule has 0 spiro atoms. The van der Waals surface area contributed by atoms with Gasteiger partial charge < -0.3 is 14.8 Å². The number of ether oxygens (including phenoxy) is 2. The Balaban J connectivity index is 1.57. The van der Waals surface area contributed by atoms with Crippen LogP contribution in [0.1, 0.15) is 18.5 Å². The molecule has 0 aromatic carbocycles. The summed E-state index contributed by atoms with van der Waals surface area (Å²) < 4.78 is 10.8. The predicted octanol–water partition coefficient (Wildman–Crippen LogP) is 1.11. The Morgan fingerprint density at radius 1 is 1.44 bits per heavy atom. The Kier molecular flexibility index (Phi) is 2.76. The van der Waals surface area contributed by atoms with Crippen molar-refractivity contribution in [3.05, 3.63) is 24.0 Å². The Morgan fingerprint density at radius 2 is 2.31 bits per heavy atom. The molecule has 4 heteroatoms. The van der Waals surface area contributed by atoms with Gasteiger partial charge in [-0.1, -0.05) is 0 Å². The molecule has 1 aliphatic heterocycles. The predicted molar refractivity (Wildman–Crippen MR) is 59.3 cm³/mol. The van der Waals surface area contributed by atoms with E-state index in [0.717, 1.165) is 18.0 Å². The fourth-order valence-corrected chi connectivity index (χ4v) is 1.64. The summed E-state index contributed by atoms with van der Waals surface area (Å²) in [6, 6.07) is 4.62. The molecule has 2 heterocycles. The van der Waals surface area contributed by atoms with Crippen LogP contribution in [0.15, 0.2) is 18.3 Å². The second kappa shape index (κ2) is 4.39. The van der Waals surface area contributed by atoms with Crippen LogP contribution >= 0.6 is 0 Å². The summed E-state index contributed by atoms with van der Waals surface area (Å²) in [6.07, 6.45) is 4.64. The van der Waals surface area contributed by atoms with Crippen LogP contribution in [0.5, 0.6) is 5.75 Å². The fourth-order valence-electron chi connectivity index (χ4n) is 1.64. The molecule has 3 rings (SSSR count). The van der Waals surface area contributed by atoms with Crippen LogP contribution in [0.2, 0.25) is 0 Å². The normalized spacial score (nSPS) is 20.5. The van der Waals surface area contributed by atoms with Gasteiger partial charge in [0.1, 0.15) is 11.9 Å². The third kappa shape index (κ3) is 2.51. The first-order valence-corrected chi connectivity index (χ1v) is 5.83. The minimum absolute atomic E-state index is 0.228. The summed E-state index contributed by atoms with van der Waals surface area (Å²) in [5.41, 5.74) is 1.05. The molecule has 4 nitrogen and oxygen atoms in total. The summed E-state index contributed by atoms with van der Waals surface area (Å²) >= 11 is 0. The van der Waals surface area contributed by atoms with Crippen molar-refractivity contribution in [3.63, 3.8) is 0 Å². The van der Waals surface area contributed by atoms with Gasteiger partial charge in [0.15, 0.2) is 0 Å². The maximum absolute atomic E-state index is 5.72. The SMILES string of the molecule is c1cc(OC2COC2)cc(CNC2CC2)n1. The van der Waals surface area contributed by atoms with Gasteiger partial charge in [-0.05, 0) is 18.9 Å². The topological polar surface area (TPSA) is 43.4 Å². The molecule has 1 saturated heterocycles.